The maximum atomic E-state index is 13.4. The molecular formula is C23H34N4O4S. The average molecular weight is 463 g/mol. The van der Waals surface area contributed by atoms with E-state index in [1.165, 1.54) is 4.90 Å². The van der Waals surface area contributed by atoms with Gasteiger partial charge in [0.1, 0.15) is 24.2 Å². The van der Waals surface area contributed by atoms with Crippen molar-refractivity contribution in [1.82, 2.24) is 15.5 Å². The molecule has 0 fully saturated rings. The summed E-state index contributed by atoms with van der Waals surface area (Å²) in [6, 6.07) is 7.06. The molecule has 9 heteroatoms. The highest BCUT2D eigenvalue weighted by atomic mass is 32.1. The fourth-order valence-electron chi connectivity index (χ4n) is 2.91. The number of ether oxygens (including phenoxy) is 1. The predicted molar refractivity (Wildman–Crippen MR) is 126 cm³/mol. The Kier molecular flexibility index (Phi) is 11.1. The Bertz CT molecular complexity index is 815. The zero-order valence-corrected chi connectivity index (χ0v) is 20.4. The summed E-state index contributed by atoms with van der Waals surface area (Å²) >= 11 is 4.19. The summed E-state index contributed by atoms with van der Waals surface area (Å²) in [6.45, 7) is 9.17. The van der Waals surface area contributed by atoms with Gasteiger partial charge in [-0.25, -0.2) is 4.79 Å². The highest BCUT2D eigenvalue weighted by Gasteiger charge is 2.35. The van der Waals surface area contributed by atoms with Crippen LogP contribution in [0.1, 0.15) is 57.7 Å². The molecule has 0 bridgehead atoms. The number of carbonyl (C=O) groups excluding carboxylic acids is 3. The van der Waals surface area contributed by atoms with Gasteiger partial charge in [0.05, 0.1) is 6.07 Å². The van der Waals surface area contributed by atoms with Gasteiger partial charge in [-0.05, 0) is 39.7 Å². The Morgan fingerprint density at radius 3 is 2.34 bits per heavy atom. The summed E-state index contributed by atoms with van der Waals surface area (Å²) in [4.78, 5) is 39.8. The number of rotatable bonds is 10. The fraction of sp³-hybridized carbons (Fsp3) is 0.565. The zero-order chi connectivity index (χ0) is 24.3. The van der Waals surface area contributed by atoms with E-state index in [0.29, 0.717) is 12.1 Å². The maximum Gasteiger partial charge on any atom is 0.408 e. The number of thiol groups is 1. The second-order valence-corrected chi connectivity index (χ2v) is 8.83. The van der Waals surface area contributed by atoms with Gasteiger partial charge < -0.3 is 20.3 Å². The van der Waals surface area contributed by atoms with Gasteiger partial charge in [-0.1, -0.05) is 43.2 Å². The van der Waals surface area contributed by atoms with E-state index in [1.807, 2.05) is 32.0 Å². The number of nitrogens with zero attached hydrogens (tertiary/aromatic N) is 2. The summed E-state index contributed by atoms with van der Waals surface area (Å²) in [5.74, 6) is -1.01. The molecule has 2 N–H and O–H groups in total. The Labute approximate surface area is 196 Å². The monoisotopic (exact) mass is 462 g/mol. The smallest absolute Gasteiger partial charge is 0.408 e. The molecule has 0 aliphatic heterocycles. The van der Waals surface area contributed by atoms with E-state index in [-0.39, 0.29) is 18.2 Å². The van der Waals surface area contributed by atoms with Crippen LogP contribution >= 0.6 is 12.6 Å². The molecule has 2 unspecified atom stereocenters. The molecule has 1 aromatic rings. The number of hydrogen-bond acceptors (Lipinski definition) is 6. The third-order valence-corrected chi connectivity index (χ3v) is 4.84. The van der Waals surface area contributed by atoms with Crippen molar-refractivity contribution in [2.24, 2.45) is 0 Å². The van der Waals surface area contributed by atoms with Crippen molar-refractivity contribution in [1.29, 1.82) is 5.26 Å². The SMILES string of the molecule is CCCCNC(=O)C(c1ccc(C)cc1)N(CC#N)C(=O)C(CS)NC(=O)OC(C)(C)C. The van der Waals surface area contributed by atoms with Gasteiger partial charge in [-0.15, -0.1) is 0 Å². The second-order valence-electron chi connectivity index (χ2n) is 8.46. The first-order valence-corrected chi connectivity index (χ1v) is 11.3. The number of benzene rings is 1. The van der Waals surface area contributed by atoms with E-state index in [1.54, 1.807) is 32.9 Å². The first-order valence-electron chi connectivity index (χ1n) is 10.7. The Morgan fingerprint density at radius 1 is 1.22 bits per heavy atom. The van der Waals surface area contributed by atoms with Crippen molar-refractivity contribution in [3.8, 4) is 6.07 Å². The molecular weight excluding hydrogens is 428 g/mol. The van der Waals surface area contributed by atoms with Crippen LogP contribution in [-0.2, 0) is 14.3 Å². The number of hydrogen-bond donors (Lipinski definition) is 3. The van der Waals surface area contributed by atoms with E-state index >= 15 is 0 Å². The van der Waals surface area contributed by atoms with Crippen LogP contribution < -0.4 is 10.6 Å². The van der Waals surface area contributed by atoms with Gasteiger partial charge in [-0.2, -0.15) is 17.9 Å². The molecule has 32 heavy (non-hydrogen) atoms. The lowest BCUT2D eigenvalue weighted by Crippen LogP contribution is -2.54. The minimum absolute atomic E-state index is 0.0297. The third-order valence-electron chi connectivity index (χ3n) is 4.48. The highest BCUT2D eigenvalue weighted by molar-refractivity contribution is 7.80. The maximum absolute atomic E-state index is 13.4. The molecule has 0 radical (unpaired) electrons. The van der Waals surface area contributed by atoms with Gasteiger partial charge in [0, 0.05) is 12.3 Å². The Balaban J connectivity index is 3.25. The van der Waals surface area contributed by atoms with Crippen LogP contribution in [0.15, 0.2) is 24.3 Å². The molecule has 0 aliphatic rings. The lowest BCUT2D eigenvalue weighted by Gasteiger charge is -2.32. The molecule has 8 nitrogen and oxygen atoms in total. The van der Waals surface area contributed by atoms with Crippen molar-refractivity contribution >= 4 is 30.5 Å². The third kappa shape index (κ3) is 8.79. The van der Waals surface area contributed by atoms with Gasteiger partial charge in [-0.3, -0.25) is 9.59 Å². The van der Waals surface area contributed by atoms with E-state index < -0.39 is 29.7 Å². The summed E-state index contributed by atoms with van der Waals surface area (Å²) in [5.41, 5.74) is 0.824. The van der Waals surface area contributed by atoms with Crippen LogP contribution in [0, 0.1) is 18.3 Å². The fourth-order valence-corrected chi connectivity index (χ4v) is 3.16. The second kappa shape index (κ2) is 13.0. The molecule has 0 saturated carbocycles. The number of nitriles is 1. The molecule has 0 spiro atoms. The number of aryl methyl sites for hydroxylation is 1. The van der Waals surface area contributed by atoms with Gasteiger partial charge >= 0.3 is 6.09 Å². The number of nitrogens with one attached hydrogen (secondary N) is 2. The summed E-state index contributed by atoms with van der Waals surface area (Å²) < 4.78 is 5.23. The van der Waals surface area contributed by atoms with Crippen LogP contribution in [0.5, 0.6) is 0 Å². The number of alkyl carbamates (subject to hydrolysis) is 1. The van der Waals surface area contributed by atoms with Crippen molar-refractivity contribution in [3.63, 3.8) is 0 Å². The Hall–Kier alpha value is -2.73. The quantitative estimate of drug-likeness (QED) is 0.281. The van der Waals surface area contributed by atoms with Crippen molar-refractivity contribution in [2.75, 3.05) is 18.8 Å². The van der Waals surface area contributed by atoms with Crippen molar-refractivity contribution < 1.29 is 19.1 Å². The highest BCUT2D eigenvalue weighted by Crippen LogP contribution is 2.23. The first kappa shape index (κ1) is 27.3. The summed E-state index contributed by atoms with van der Waals surface area (Å²) in [7, 11) is 0. The van der Waals surface area contributed by atoms with Crippen molar-refractivity contribution in [2.45, 2.75) is 65.1 Å². The van der Waals surface area contributed by atoms with E-state index in [9.17, 15) is 19.6 Å². The molecule has 0 aromatic heterocycles. The van der Waals surface area contributed by atoms with Crippen LogP contribution in [-0.4, -0.2) is 53.3 Å². The van der Waals surface area contributed by atoms with Gasteiger partial charge in [0.2, 0.25) is 11.8 Å². The van der Waals surface area contributed by atoms with E-state index in [2.05, 4.69) is 23.3 Å². The lowest BCUT2D eigenvalue weighted by molar-refractivity contribution is -0.141. The lowest BCUT2D eigenvalue weighted by atomic mass is 10.0. The molecule has 0 aliphatic carbocycles. The molecule has 0 saturated heterocycles. The number of unbranched alkanes of at least 4 members (excludes halogenated alkanes) is 1. The van der Waals surface area contributed by atoms with Crippen LogP contribution in [0.25, 0.3) is 0 Å². The molecule has 176 valence electrons. The van der Waals surface area contributed by atoms with Gasteiger partial charge in [0.15, 0.2) is 0 Å². The first-order chi connectivity index (χ1) is 15.0. The molecule has 1 rings (SSSR count). The normalized spacial score (nSPS) is 12.8. The predicted octanol–water partition coefficient (Wildman–Crippen LogP) is 3.13. The molecule has 2 atom stereocenters. The van der Waals surface area contributed by atoms with Crippen molar-refractivity contribution in [3.05, 3.63) is 35.4 Å². The minimum atomic E-state index is -1.07. The molecule has 0 heterocycles. The Morgan fingerprint density at radius 2 is 1.84 bits per heavy atom. The van der Waals surface area contributed by atoms with Gasteiger partial charge in [0.25, 0.3) is 0 Å². The summed E-state index contributed by atoms with van der Waals surface area (Å²) in [5, 5.41) is 14.7. The van der Waals surface area contributed by atoms with Crippen LogP contribution in [0.2, 0.25) is 0 Å². The summed E-state index contributed by atoms with van der Waals surface area (Å²) in [6.07, 6.45) is 0.914. The number of carbonyl (C=O) groups is 3. The molecule has 1 aromatic carbocycles. The standard InChI is InChI=1S/C23H34N4O4S/c1-6-7-13-25-20(28)19(17-10-8-16(2)9-11-17)27(14-12-24)21(29)18(15-32)26-22(30)31-23(3,4)5/h8-11,18-19,32H,6-7,13-15H2,1-5H3,(H,25,28)(H,26,30). The largest absolute Gasteiger partial charge is 0.444 e. The topological polar surface area (TPSA) is 112 Å². The van der Waals surface area contributed by atoms with E-state index in [0.717, 1.165) is 18.4 Å². The zero-order valence-electron chi connectivity index (χ0n) is 19.5. The van der Waals surface area contributed by atoms with E-state index in [4.69, 9.17) is 4.74 Å². The number of amides is 3. The van der Waals surface area contributed by atoms with Crippen LogP contribution in [0.4, 0.5) is 4.79 Å². The minimum Gasteiger partial charge on any atom is -0.444 e. The molecule has 3 amide bonds. The van der Waals surface area contributed by atoms with Crippen LogP contribution in [0.3, 0.4) is 0 Å². The average Bonchev–Trinajstić information content (AvgIpc) is 2.71.